The van der Waals surface area contributed by atoms with Crippen molar-refractivity contribution in [2.45, 2.75) is 37.2 Å². The molecule has 0 unspecified atom stereocenters. The summed E-state index contributed by atoms with van der Waals surface area (Å²) in [4.78, 5) is 13.2. The Balaban J connectivity index is 1.49. The predicted molar refractivity (Wildman–Crippen MR) is 163 cm³/mol. The van der Waals surface area contributed by atoms with Gasteiger partial charge in [-0.15, -0.1) is 10.2 Å². The number of hydrogen-bond acceptors (Lipinski definition) is 4. The van der Waals surface area contributed by atoms with Gasteiger partial charge in [0.15, 0.2) is 11.0 Å². The lowest BCUT2D eigenvalue weighted by Gasteiger charge is -2.21. The number of nitrogens with one attached hydrogen (secondary N) is 2. The summed E-state index contributed by atoms with van der Waals surface area (Å²) in [6, 6.07) is 33.0. The van der Waals surface area contributed by atoms with Crippen molar-refractivity contribution < 1.29 is 4.79 Å². The summed E-state index contributed by atoms with van der Waals surface area (Å²) in [6.07, 6.45) is 0.543. The molecule has 5 rings (SSSR count). The molecule has 2 amide bonds. The summed E-state index contributed by atoms with van der Waals surface area (Å²) in [6.45, 7) is 4.15. The van der Waals surface area contributed by atoms with Crippen molar-refractivity contribution in [1.82, 2.24) is 20.1 Å². The van der Waals surface area contributed by atoms with Crippen LogP contribution in [-0.2, 0) is 12.2 Å². The van der Waals surface area contributed by atoms with E-state index in [1.807, 2.05) is 30.3 Å². The van der Waals surface area contributed by atoms with E-state index in [-0.39, 0.29) is 6.03 Å². The number of urea groups is 1. The second-order valence-electron chi connectivity index (χ2n) is 9.64. The first-order valence-electron chi connectivity index (χ1n) is 13.0. The lowest BCUT2D eigenvalue weighted by molar-refractivity contribution is 0.247. The van der Waals surface area contributed by atoms with Crippen molar-refractivity contribution in [2.75, 3.05) is 5.32 Å². The lowest BCUT2D eigenvalue weighted by atomic mass is 10.1. The van der Waals surface area contributed by atoms with Gasteiger partial charge in [-0.05, 0) is 61.4 Å². The van der Waals surface area contributed by atoms with E-state index >= 15 is 0 Å². The zero-order chi connectivity index (χ0) is 27.9. The van der Waals surface area contributed by atoms with Crippen molar-refractivity contribution in [1.29, 1.82) is 0 Å². The highest BCUT2D eigenvalue weighted by atomic mass is 35.5. The number of carbonyl (C=O) groups excluding carboxylic acids is 1. The molecule has 0 saturated carbocycles. The van der Waals surface area contributed by atoms with Gasteiger partial charge in [0.2, 0.25) is 0 Å². The average molecular weight is 568 g/mol. The molecule has 0 radical (unpaired) electrons. The van der Waals surface area contributed by atoms with E-state index in [1.54, 1.807) is 36.0 Å². The van der Waals surface area contributed by atoms with E-state index in [1.165, 1.54) is 11.1 Å². The van der Waals surface area contributed by atoms with E-state index in [4.69, 9.17) is 11.6 Å². The number of rotatable bonds is 9. The molecule has 4 aromatic carbocycles. The monoisotopic (exact) mass is 567 g/mol. The van der Waals surface area contributed by atoms with Gasteiger partial charge in [0, 0.05) is 28.6 Å². The maximum Gasteiger partial charge on any atom is 0.319 e. The molecule has 0 fully saturated rings. The molecular formula is C32H30ClN5OS. The van der Waals surface area contributed by atoms with E-state index in [0.717, 1.165) is 27.7 Å². The van der Waals surface area contributed by atoms with Crippen LogP contribution < -0.4 is 10.6 Å². The van der Waals surface area contributed by atoms with Gasteiger partial charge < -0.3 is 10.6 Å². The number of thioether (sulfide) groups is 1. The molecule has 0 aliphatic rings. The van der Waals surface area contributed by atoms with Crippen LogP contribution in [0.3, 0.4) is 0 Å². The van der Waals surface area contributed by atoms with Crippen LogP contribution in [0.5, 0.6) is 0 Å². The second-order valence-corrected chi connectivity index (χ2v) is 11.0. The Morgan fingerprint density at radius 3 is 2.30 bits per heavy atom. The number of aryl methyl sites for hydroxylation is 2. The van der Waals surface area contributed by atoms with Crippen LogP contribution in [0.15, 0.2) is 108 Å². The molecule has 0 aliphatic carbocycles. The van der Waals surface area contributed by atoms with Crippen molar-refractivity contribution in [3.8, 4) is 5.69 Å². The molecule has 2 N–H and O–H groups in total. The van der Waals surface area contributed by atoms with Gasteiger partial charge in [-0.2, -0.15) is 0 Å². The largest absolute Gasteiger partial charge is 0.327 e. The molecule has 8 heteroatoms. The van der Waals surface area contributed by atoms with Crippen LogP contribution in [0.25, 0.3) is 5.69 Å². The number of aromatic nitrogens is 3. The summed E-state index contributed by atoms with van der Waals surface area (Å²) in [7, 11) is 0. The van der Waals surface area contributed by atoms with Crippen LogP contribution >= 0.6 is 23.4 Å². The first-order valence-corrected chi connectivity index (χ1v) is 14.4. The van der Waals surface area contributed by atoms with E-state index in [2.05, 4.69) is 87.8 Å². The Kier molecular flexibility index (Phi) is 8.84. The lowest BCUT2D eigenvalue weighted by Crippen LogP contribution is -2.35. The van der Waals surface area contributed by atoms with Crippen molar-refractivity contribution in [2.24, 2.45) is 0 Å². The number of carbonyl (C=O) groups is 1. The number of benzene rings is 4. The normalized spacial score (nSPS) is 11.7. The molecule has 5 aromatic rings. The van der Waals surface area contributed by atoms with Gasteiger partial charge in [-0.3, -0.25) is 4.57 Å². The number of amides is 2. The molecule has 202 valence electrons. The third-order valence-electron chi connectivity index (χ3n) is 6.40. The molecule has 0 saturated heterocycles. The molecule has 0 spiro atoms. The summed E-state index contributed by atoms with van der Waals surface area (Å²) in [5.41, 5.74) is 6.26. The van der Waals surface area contributed by atoms with Gasteiger partial charge in [-0.25, -0.2) is 4.79 Å². The SMILES string of the molecule is Cc1ccc(-n2c(SCc3cccc(C)c3)nnc2[C@H](Cc2ccccc2)NC(=O)Nc2ccc(Cl)cc2)cc1. The van der Waals surface area contributed by atoms with Crippen molar-refractivity contribution in [3.63, 3.8) is 0 Å². The number of halogens is 1. The van der Waals surface area contributed by atoms with Crippen LogP contribution in [0.4, 0.5) is 10.5 Å². The predicted octanol–water partition coefficient (Wildman–Crippen LogP) is 7.94. The number of anilines is 1. The smallest absolute Gasteiger partial charge is 0.319 e. The fraction of sp³-hybridized carbons (Fsp3) is 0.156. The fourth-order valence-electron chi connectivity index (χ4n) is 4.40. The van der Waals surface area contributed by atoms with E-state index < -0.39 is 6.04 Å². The maximum atomic E-state index is 13.2. The Hall–Kier alpha value is -4.07. The average Bonchev–Trinajstić information content (AvgIpc) is 3.38. The summed E-state index contributed by atoms with van der Waals surface area (Å²) >= 11 is 7.64. The Morgan fingerprint density at radius 2 is 1.57 bits per heavy atom. The minimum atomic E-state index is -0.447. The Labute approximate surface area is 243 Å². The first kappa shape index (κ1) is 27.5. The minimum absolute atomic E-state index is 0.337. The zero-order valence-electron chi connectivity index (χ0n) is 22.3. The molecular weight excluding hydrogens is 538 g/mol. The summed E-state index contributed by atoms with van der Waals surface area (Å²) < 4.78 is 2.05. The zero-order valence-corrected chi connectivity index (χ0v) is 23.9. The second kappa shape index (κ2) is 12.9. The Morgan fingerprint density at radius 1 is 0.850 bits per heavy atom. The first-order chi connectivity index (χ1) is 19.4. The van der Waals surface area contributed by atoms with Gasteiger partial charge in [-0.1, -0.05) is 101 Å². The van der Waals surface area contributed by atoms with Crippen molar-refractivity contribution >= 4 is 35.1 Å². The van der Waals surface area contributed by atoms with Crippen LogP contribution in [0, 0.1) is 13.8 Å². The summed E-state index contributed by atoms with van der Waals surface area (Å²) in [5, 5.41) is 16.7. The highest BCUT2D eigenvalue weighted by Crippen LogP contribution is 2.29. The van der Waals surface area contributed by atoms with Crippen LogP contribution in [0.2, 0.25) is 5.02 Å². The number of hydrogen-bond donors (Lipinski definition) is 2. The van der Waals surface area contributed by atoms with E-state index in [9.17, 15) is 4.79 Å². The standard InChI is InChI=1S/C32H30ClN5OS/c1-22-11-17-28(18-12-22)38-30(36-37-32(38)40-21-25-10-6-7-23(2)19-25)29(20-24-8-4-3-5-9-24)35-31(39)34-27-15-13-26(33)14-16-27/h3-19,29H,20-21H2,1-2H3,(H2,34,35,39)/t29-/m0/s1. The third-order valence-corrected chi connectivity index (χ3v) is 7.65. The number of nitrogens with zero attached hydrogens (tertiary/aromatic N) is 3. The van der Waals surface area contributed by atoms with Crippen LogP contribution in [0.1, 0.15) is 34.1 Å². The summed E-state index contributed by atoms with van der Waals surface area (Å²) in [5.74, 6) is 1.41. The molecule has 6 nitrogen and oxygen atoms in total. The Bertz CT molecular complexity index is 1570. The van der Waals surface area contributed by atoms with Gasteiger partial charge in [0.05, 0.1) is 6.04 Å². The molecule has 1 heterocycles. The minimum Gasteiger partial charge on any atom is -0.327 e. The molecule has 0 aliphatic heterocycles. The maximum absolute atomic E-state index is 13.2. The third kappa shape index (κ3) is 7.11. The molecule has 1 aromatic heterocycles. The molecule has 0 bridgehead atoms. The van der Waals surface area contributed by atoms with Crippen LogP contribution in [-0.4, -0.2) is 20.8 Å². The molecule has 1 atom stereocenters. The fourth-order valence-corrected chi connectivity index (χ4v) is 5.43. The van der Waals surface area contributed by atoms with Crippen molar-refractivity contribution in [3.05, 3.63) is 136 Å². The highest BCUT2D eigenvalue weighted by molar-refractivity contribution is 7.98. The molecule has 40 heavy (non-hydrogen) atoms. The quantitative estimate of drug-likeness (QED) is 0.177. The van der Waals surface area contributed by atoms with Gasteiger partial charge >= 0.3 is 6.03 Å². The van der Waals surface area contributed by atoms with Gasteiger partial charge in [0.25, 0.3) is 0 Å². The topological polar surface area (TPSA) is 71.8 Å². The van der Waals surface area contributed by atoms with Gasteiger partial charge in [0.1, 0.15) is 0 Å². The highest BCUT2D eigenvalue weighted by Gasteiger charge is 2.25. The van der Waals surface area contributed by atoms with E-state index in [0.29, 0.717) is 23.0 Å².